The van der Waals surface area contributed by atoms with Crippen molar-refractivity contribution < 1.29 is 9.59 Å². The molecule has 0 heterocycles. The van der Waals surface area contributed by atoms with Crippen LogP contribution in [0.25, 0.3) is 0 Å². The number of ketones is 2. The van der Waals surface area contributed by atoms with Gasteiger partial charge in [-0.05, 0) is 36.5 Å². The number of hydrogen-bond donors (Lipinski definition) is 0. The Balaban J connectivity index is 1.51. The van der Waals surface area contributed by atoms with Crippen LogP contribution in [0.1, 0.15) is 34.3 Å². The molecule has 0 spiro atoms. The molecule has 2 aromatic rings. The van der Waals surface area contributed by atoms with Crippen molar-refractivity contribution in [2.75, 3.05) is 0 Å². The molecule has 0 atom stereocenters. The van der Waals surface area contributed by atoms with Gasteiger partial charge in [0.1, 0.15) is 5.78 Å². The highest BCUT2D eigenvalue weighted by Gasteiger charge is 2.13. The van der Waals surface area contributed by atoms with Gasteiger partial charge in [0.15, 0.2) is 0 Å². The van der Waals surface area contributed by atoms with Gasteiger partial charge in [-0.1, -0.05) is 72.7 Å². The van der Waals surface area contributed by atoms with E-state index in [0.29, 0.717) is 12.0 Å². The zero-order valence-electron chi connectivity index (χ0n) is 14.5. The van der Waals surface area contributed by atoms with Crippen LogP contribution in [0.3, 0.4) is 0 Å². The summed E-state index contributed by atoms with van der Waals surface area (Å²) in [5.74, 6) is 5.59. The van der Waals surface area contributed by atoms with Gasteiger partial charge in [-0.3, -0.25) is 9.59 Å². The van der Waals surface area contributed by atoms with E-state index in [0.717, 1.165) is 24.0 Å². The second-order valence-electron chi connectivity index (χ2n) is 6.26. The van der Waals surface area contributed by atoms with Crippen LogP contribution in [-0.2, 0) is 11.2 Å². The molecule has 0 unspecified atom stereocenters. The van der Waals surface area contributed by atoms with E-state index in [9.17, 15) is 9.59 Å². The number of aryl methyl sites for hydroxylation is 1. The minimum absolute atomic E-state index is 0.0433. The van der Waals surface area contributed by atoms with Crippen molar-refractivity contribution in [2.45, 2.75) is 19.3 Å². The SMILES string of the molecule is O=C(C#Cc1ccccc1)c1ccc(CCCC(=O)C2C=CC=C2)cc1. The normalized spacial score (nSPS) is 12.6. The molecule has 2 aromatic carbocycles. The molecule has 1 aliphatic rings. The Morgan fingerprint density at radius 3 is 2.27 bits per heavy atom. The Labute approximate surface area is 154 Å². The number of Topliss-reactive ketones (excluding diaryl/α,β-unsaturated/α-hetero) is 2. The Kier molecular flexibility index (Phi) is 5.96. The van der Waals surface area contributed by atoms with E-state index in [1.807, 2.05) is 78.9 Å². The van der Waals surface area contributed by atoms with Crippen molar-refractivity contribution in [3.63, 3.8) is 0 Å². The van der Waals surface area contributed by atoms with Gasteiger partial charge in [-0.25, -0.2) is 0 Å². The molecule has 0 saturated carbocycles. The van der Waals surface area contributed by atoms with Crippen LogP contribution in [0, 0.1) is 17.8 Å². The average Bonchev–Trinajstić information content (AvgIpc) is 3.22. The Hall–Kier alpha value is -3.18. The lowest BCUT2D eigenvalue weighted by Gasteiger charge is -2.05. The van der Waals surface area contributed by atoms with Crippen molar-refractivity contribution in [3.05, 3.63) is 95.6 Å². The maximum atomic E-state index is 12.1. The number of rotatable bonds is 6. The van der Waals surface area contributed by atoms with Crippen molar-refractivity contribution in [1.82, 2.24) is 0 Å². The second-order valence-corrected chi connectivity index (χ2v) is 6.26. The third-order valence-corrected chi connectivity index (χ3v) is 4.32. The molecule has 26 heavy (non-hydrogen) atoms. The van der Waals surface area contributed by atoms with E-state index in [-0.39, 0.29) is 17.5 Å². The van der Waals surface area contributed by atoms with Gasteiger partial charge >= 0.3 is 0 Å². The molecule has 0 saturated heterocycles. The van der Waals surface area contributed by atoms with Gasteiger partial charge in [0.2, 0.25) is 5.78 Å². The zero-order chi connectivity index (χ0) is 18.2. The second kappa shape index (κ2) is 8.78. The Morgan fingerprint density at radius 1 is 0.885 bits per heavy atom. The monoisotopic (exact) mass is 340 g/mol. The summed E-state index contributed by atoms with van der Waals surface area (Å²) in [5, 5.41) is 0. The standard InChI is InChI=1S/C24H20O2/c25-23(21-10-4-5-11-21)12-6-9-20-13-16-22(17-14-20)24(26)18-15-19-7-2-1-3-8-19/h1-5,7-8,10-11,13-14,16-17,21H,6,9,12H2. The highest BCUT2D eigenvalue weighted by molar-refractivity contribution is 6.09. The highest BCUT2D eigenvalue weighted by atomic mass is 16.1. The molecule has 0 aliphatic heterocycles. The van der Waals surface area contributed by atoms with Gasteiger partial charge in [0.05, 0.1) is 5.92 Å². The van der Waals surface area contributed by atoms with Crippen LogP contribution in [0.2, 0.25) is 0 Å². The predicted octanol–water partition coefficient (Wildman–Crippen LogP) is 4.56. The minimum atomic E-state index is -0.185. The number of carbonyl (C=O) groups excluding carboxylic acids is 2. The van der Waals surface area contributed by atoms with Gasteiger partial charge in [-0.15, -0.1) is 0 Å². The smallest absolute Gasteiger partial charge is 0.236 e. The molecule has 0 bridgehead atoms. The summed E-state index contributed by atoms with van der Waals surface area (Å²) in [4.78, 5) is 24.2. The van der Waals surface area contributed by atoms with E-state index in [1.165, 1.54) is 0 Å². The molecular weight excluding hydrogens is 320 g/mol. The van der Waals surface area contributed by atoms with Crippen LogP contribution in [0.15, 0.2) is 78.9 Å². The van der Waals surface area contributed by atoms with E-state index >= 15 is 0 Å². The van der Waals surface area contributed by atoms with Crippen LogP contribution < -0.4 is 0 Å². The number of carbonyl (C=O) groups is 2. The first-order chi connectivity index (χ1) is 12.7. The fourth-order valence-corrected chi connectivity index (χ4v) is 2.83. The van der Waals surface area contributed by atoms with Crippen LogP contribution in [0.4, 0.5) is 0 Å². The molecule has 2 nitrogen and oxygen atoms in total. The molecule has 0 amide bonds. The molecule has 0 radical (unpaired) electrons. The lowest BCUT2D eigenvalue weighted by molar-refractivity contribution is -0.120. The van der Waals surface area contributed by atoms with Gasteiger partial charge in [-0.2, -0.15) is 0 Å². The molecule has 128 valence electrons. The quantitative estimate of drug-likeness (QED) is 0.571. The third kappa shape index (κ3) is 4.91. The molecule has 0 aromatic heterocycles. The summed E-state index contributed by atoms with van der Waals surface area (Å²) >= 11 is 0. The Morgan fingerprint density at radius 2 is 1.58 bits per heavy atom. The lowest BCUT2D eigenvalue weighted by atomic mass is 9.98. The summed E-state index contributed by atoms with van der Waals surface area (Å²) in [6, 6.07) is 17.0. The fourth-order valence-electron chi connectivity index (χ4n) is 2.83. The van der Waals surface area contributed by atoms with E-state index < -0.39 is 0 Å². The maximum Gasteiger partial charge on any atom is 0.236 e. The maximum absolute atomic E-state index is 12.1. The van der Waals surface area contributed by atoms with Crippen molar-refractivity contribution in [3.8, 4) is 11.8 Å². The first-order valence-electron chi connectivity index (χ1n) is 8.80. The summed E-state index contributed by atoms with van der Waals surface area (Å²) < 4.78 is 0. The summed E-state index contributed by atoms with van der Waals surface area (Å²) in [5.41, 5.74) is 2.55. The number of benzene rings is 2. The topological polar surface area (TPSA) is 34.1 Å². The van der Waals surface area contributed by atoms with E-state index in [2.05, 4.69) is 11.8 Å². The number of allylic oxidation sites excluding steroid dienone is 4. The number of hydrogen-bond acceptors (Lipinski definition) is 2. The molecule has 2 heteroatoms. The van der Waals surface area contributed by atoms with Gasteiger partial charge < -0.3 is 0 Å². The molecule has 0 fully saturated rings. The van der Waals surface area contributed by atoms with Crippen LogP contribution >= 0.6 is 0 Å². The highest BCUT2D eigenvalue weighted by Crippen LogP contribution is 2.15. The van der Waals surface area contributed by atoms with E-state index in [4.69, 9.17) is 0 Å². The lowest BCUT2D eigenvalue weighted by Crippen LogP contribution is -2.08. The molecular formula is C24H20O2. The van der Waals surface area contributed by atoms with Crippen molar-refractivity contribution in [1.29, 1.82) is 0 Å². The minimum Gasteiger partial charge on any atom is -0.299 e. The van der Waals surface area contributed by atoms with Gasteiger partial charge in [0, 0.05) is 17.5 Å². The predicted molar refractivity (Wildman–Crippen MR) is 104 cm³/mol. The molecule has 0 N–H and O–H groups in total. The first-order valence-corrected chi connectivity index (χ1v) is 8.80. The van der Waals surface area contributed by atoms with Crippen molar-refractivity contribution in [2.24, 2.45) is 5.92 Å². The molecule has 3 rings (SSSR count). The van der Waals surface area contributed by atoms with Crippen LogP contribution in [-0.4, -0.2) is 11.6 Å². The fraction of sp³-hybridized carbons (Fsp3) is 0.167. The summed E-state index contributed by atoms with van der Waals surface area (Å²) in [7, 11) is 0. The Bertz CT molecular complexity index is 879. The third-order valence-electron chi connectivity index (χ3n) is 4.32. The van der Waals surface area contributed by atoms with Crippen molar-refractivity contribution >= 4 is 11.6 Å². The average molecular weight is 340 g/mol. The van der Waals surface area contributed by atoms with Gasteiger partial charge in [0.25, 0.3) is 0 Å². The zero-order valence-corrected chi connectivity index (χ0v) is 14.5. The molecule has 1 aliphatic carbocycles. The first kappa shape index (κ1) is 17.6. The van der Waals surface area contributed by atoms with Crippen LogP contribution in [0.5, 0.6) is 0 Å². The summed E-state index contributed by atoms with van der Waals surface area (Å²) in [6.07, 6.45) is 9.91. The largest absolute Gasteiger partial charge is 0.299 e. The summed E-state index contributed by atoms with van der Waals surface area (Å²) in [6.45, 7) is 0. The van der Waals surface area contributed by atoms with E-state index in [1.54, 1.807) is 0 Å².